The van der Waals surface area contributed by atoms with Crippen LogP contribution in [0.2, 0.25) is 0 Å². The van der Waals surface area contributed by atoms with Crippen molar-refractivity contribution in [1.82, 2.24) is 0 Å². The Bertz CT molecular complexity index is 512. The summed E-state index contributed by atoms with van der Waals surface area (Å²) < 4.78 is 0. The molecule has 0 bridgehead atoms. The molecule has 1 heteroatoms. The predicted molar refractivity (Wildman–Crippen MR) is 70.1 cm³/mol. The van der Waals surface area contributed by atoms with Gasteiger partial charge in [-0.25, -0.2) is 0 Å². The van der Waals surface area contributed by atoms with E-state index in [9.17, 15) is 0 Å². The Morgan fingerprint density at radius 1 is 1.13 bits per heavy atom. The van der Waals surface area contributed by atoms with Gasteiger partial charge in [-0.3, -0.25) is 0 Å². The van der Waals surface area contributed by atoms with Gasteiger partial charge in [0.25, 0.3) is 0 Å². The molecule has 0 aliphatic heterocycles. The predicted octanol–water partition coefficient (Wildman–Crippen LogP) is 4.31. The molecule has 15 heavy (non-hydrogen) atoms. The van der Waals surface area contributed by atoms with E-state index in [4.69, 9.17) is 0 Å². The second-order valence-electron chi connectivity index (χ2n) is 4.08. The lowest BCUT2D eigenvalue weighted by atomic mass is 9.97. The molecule has 0 radical (unpaired) electrons. The first-order valence-corrected chi connectivity index (χ1v) is 5.80. The molecule has 0 atom stereocenters. The van der Waals surface area contributed by atoms with Gasteiger partial charge < -0.3 is 0 Å². The van der Waals surface area contributed by atoms with Crippen molar-refractivity contribution >= 4 is 23.4 Å². The van der Waals surface area contributed by atoms with Crippen molar-refractivity contribution in [3.8, 4) is 0 Å². The summed E-state index contributed by atoms with van der Waals surface area (Å²) in [6, 6.07) is 8.80. The molecule has 0 aliphatic carbocycles. The summed E-state index contributed by atoms with van der Waals surface area (Å²) in [6.45, 7) is 6.48. The van der Waals surface area contributed by atoms with Crippen molar-refractivity contribution in [2.75, 3.05) is 0 Å². The zero-order chi connectivity index (χ0) is 11.0. The standard InChI is InChI=1S/C14H16S/c1-4-12-10(3)14(15)8-11-7-9(2)5-6-13(11)12/h5-8,15H,4H2,1-3H3. The SMILES string of the molecule is CCc1c(C)c(S)cc2cc(C)ccc12. The molecule has 0 nitrogen and oxygen atoms in total. The van der Waals surface area contributed by atoms with Crippen LogP contribution in [0.25, 0.3) is 10.8 Å². The van der Waals surface area contributed by atoms with Gasteiger partial charge in [-0.1, -0.05) is 30.7 Å². The first-order chi connectivity index (χ1) is 7.13. The Morgan fingerprint density at radius 3 is 2.53 bits per heavy atom. The highest BCUT2D eigenvalue weighted by Crippen LogP contribution is 2.28. The smallest absolute Gasteiger partial charge is 0.00783 e. The number of hydrogen-bond donors (Lipinski definition) is 1. The van der Waals surface area contributed by atoms with Crippen LogP contribution in [0.1, 0.15) is 23.6 Å². The molecule has 78 valence electrons. The molecule has 0 spiro atoms. The van der Waals surface area contributed by atoms with Crippen molar-refractivity contribution in [2.24, 2.45) is 0 Å². The largest absolute Gasteiger partial charge is 0.143 e. The topological polar surface area (TPSA) is 0 Å². The minimum Gasteiger partial charge on any atom is -0.143 e. The Balaban J connectivity index is 2.88. The summed E-state index contributed by atoms with van der Waals surface area (Å²) in [6.07, 6.45) is 1.07. The Labute approximate surface area is 96.7 Å². The summed E-state index contributed by atoms with van der Waals surface area (Å²) >= 11 is 4.53. The molecule has 2 aromatic carbocycles. The second-order valence-corrected chi connectivity index (χ2v) is 4.56. The number of hydrogen-bond acceptors (Lipinski definition) is 1. The van der Waals surface area contributed by atoms with Gasteiger partial charge in [0.2, 0.25) is 0 Å². The lowest BCUT2D eigenvalue weighted by Crippen LogP contribution is -1.91. The van der Waals surface area contributed by atoms with Crippen molar-refractivity contribution < 1.29 is 0 Å². The van der Waals surface area contributed by atoms with Crippen LogP contribution in [0.3, 0.4) is 0 Å². The molecule has 0 unspecified atom stereocenters. The van der Waals surface area contributed by atoms with E-state index >= 15 is 0 Å². The van der Waals surface area contributed by atoms with Crippen LogP contribution in [0.15, 0.2) is 29.2 Å². The van der Waals surface area contributed by atoms with Crippen LogP contribution in [-0.4, -0.2) is 0 Å². The maximum Gasteiger partial charge on any atom is 0.00783 e. The Morgan fingerprint density at radius 2 is 1.87 bits per heavy atom. The maximum absolute atomic E-state index is 4.53. The quantitative estimate of drug-likeness (QED) is 0.675. The fourth-order valence-corrected chi connectivity index (χ4v) is 2.42. The van der Waals surface area contributed by atoms with Gasteiger partial charge in [-0.15, -0.1) is 12.6 Å². The van der Waals surface area contributed by atoms with E-state index in [0.29, 0.717) is 0 Å². The molecular weight excluding hydrogens is 200 g/mol. The van der Waals surface area contributed by atoms with Gasteiger partial charge in [-0.2, -0.15) is 0 Å². The van der Waals surface area contributed by atoms with Gasteiger partial charge in [0.15, 0.2) is 0 Å². The average Bonchev–Trinajstić information content (AvgIpc) is 2.20. The number of aryl methyl sites for hydroxylation is 2. The van der Waals surface area contributed by atoms with E-state index in [1.165, 1.54) is 27.5 Å². The molecule has 0 aromatic heterocycles. The van der Waals surface area contributed by atoms with Crippen molar-refractivity contribution in [2.45, 2.75) is 32.1 Å². The van der Waals surface area contributed by atoms with Crippen molar-refractivity contribution in [3.63, 3.8) is 0 Å². The third kappa shape index (κ3) is 1.76. The van der Waals surface area contributed by atoms with Crippen LogP contribution in [0.5, 0.6) is 0 Å². The lowest BCUT2D eigenvalue weighted by molar-refractivity contribution is 1.10. The molecule has 2 rings (SSSR count). The van der Waals surface area contributed by atoms with E-state index in [2.05, 4.69) is 57.7 Å². The second kappa shape index (κ2) is 3.90. The van der Waals surface area contributed by atoms with E-state index < -0.39 is 0 Å². The maximum atomic E-state index is 4.53. The van der Waals surface area contributed by atoms with Crippen LogP contribution in [0.4, 0.5) is 0 Å². The Kier molecular flexibility index (Phi) is 2.74. The summed E-state index contributed by atoms with van der Waals surface area (Å²) in [7, 11) is 0. The van der Waals surface area contributed by atoms with Crippen LogP contribution < -0.4 is 0 Å². The molecule has 0 fully saturated rings. The number of rotatable bonds is 1. The molecule has 2 aromatic rings. The summed E-state index contributed by atoms with van der Waals surface area (Å²) in [5.41, 5.74) is 4.05. The lowest BCUT2D eigenvalue weighted by Gasteiger charge is -2.11. The minimum absolute atomic E-state index is 1.07. The molecule has 0 saturated heterocycles. The zero-order valence-electron chi connectivity index (χ0n) is 9.46. The number of fused-ring (bicyclic) bond motifs is 1. The number of thiol groups is 1. The van der Waals surface area contributed by atoms with Gasteiger partial charge >= 0.3 is 0 Å². The first kappa shape index (κ1) is 10.6. The molecule has 0 aliphatic rings. The average molecular weight is 216 g/mol. The van der Waals surface area contributed by atoms with Gasteiger partial charge in [-0.05, 0) is 48.2 Å². The summed E-state index contributed by atoms with van der Waals surface area (Å²) in [4.78, 5) is 1.10. The fraction of sp³-hybridized carbons (Fsp3) is 0.286. The van der Waals surface area contributed by atoms with E-state index in [1.807, 2.05) is 0 Å². The molecular formula is C14H16S. The summed E-state index contributed by atoms with van der Waals surface area (Å²) in [5, 5.41) is 2.68. The molecule has 0 saturated carbocycles. The minimum atomic E-state index is 1.07. The van der Waals surface area contributed by atoms with E-state index in [1.54, 1.807) is 0 Å². The third-order valence-corrected chi connectivity index (χ3v) is 3.48. The highest BCUT2D eigenvalue weighted by atomic mass is 32.1. The zero-order valence-corrected chi connectivity index (χ0v) is 10.4. The van der Waals surface area contributed by atoms with Crippen LogP contribution in [0, 0.1) is 13.8 Å². The highest BCUT2D eigenvalue weighted by molar-refractivity contribution is 7.80. The first-order valence-electron chi connectivity index (χ1n) is 5.35. The van der Waals surface area contributed by atoms with Gasteiger partial charge in [0, 0.05) is 4.90 Å². The third-order valence-electron chi connectivity index (χ3n) is 3.01. The number of benzene rings is 2. The van der Waals surface area contributed by atoms with Crippen molar-refractivity contribution in [1.29, 1.82) is 0 Å². The van der Waals surface area contributed by atoms with E-state index in [-0.39, 0.29) is 0 Å². The summed E-state index contributed by atoms with van der Waals surface area (Å²) in [5.74, 6) is 0. The van der Waals surface area contributed by atoms with Crippen LogP contribution in [-0.2, 0) is 6.42 Å². The highest BCUT2D eigenvalue weighted by Gasteiger charge is 2.06. The van der Waals surface area contributed by atoms with Gasteiger partial charge in [0.1, 0.15) is 0 Å². The van der Waals surface area contributed by atoms with Gasteiger partial charge in [0.05, 0.1) is 0 Å². The Hall–Kier alpha value is -0.950. The normalized spacial score (nSPS) is 10.9. The van der Waals surface area contributed by atoms with Crippen LogP contribution >= 0.6 is 12.6 Å². The fourth-order valence-electron chi connectivity index (χ4n) is 2.14. The monoisotopic (exact) mass is 216 g/mol. The van der Waals surface area contributed by atoms with Crippen molar-refractivity contribution in [3.05, 3.63) is 41.0 Å². The molecule has 0 amide bonds. The molecule has 0 heterocycles. The molecule has 0 N–H and O–H groups in total. The van der Waals surface area contributed by atoms with E-state index in [0.717, 1.165) is 11.3 Å².